The molecule has 6 rings (SSSR count). The number of fused-ring (bicyclic) bond motifs is 5. The number of carbonyl (C=O) groups excluding carboxylic acids is 2. The van der Waals surface area contributed by atoms with Gasteiger partial charge < -0.3 is 19.7 Å². The Labute approximate surface area is 223 Å². The molecule has 3 heterocycles. The monoisotopic (exact) mass is 511 g/mol. The minimum atomic E-state index is -0.550. The van der Waals surface area contributed by atoms with Crippen molar-refractivity contribution in [1.29, 1.82) is 0 Å². The number of hydrogen-bond acceptors (Lipinski definition) is 5. The average molecular weight is 512 g/mol. The van der Waals surface area contributed by atoms with Crippen LogP contribution in [-0.4, -0.2) is 62.0 Å². The Morgan fingerprint density at radius 1 is 0.895 bits per heavy atom. The minimum absolute atomic E-state index is 0.0727. The van der Waals surface area contributed by atoms with Crippen LogP contribution in [0.4, 0.5) is 0 Å². The van der Waals surface area contributed by atoms with Crippen molar-refractivity contribution in [2.24, 2.45) is 0 Å². The Balaban J connectivity index is 1.29. The van der Waals surface area contributed by atoms with Crippen molar-refractivity contribution in [2.45, 2.75) is 31.3 Å². The summed E-state index contributed by atoms with van der Waals surface area (Å²) in [5, 5.41) is 3.22. The third-order valence-corrected chi connectivity index (χ3v) is 8.25. The van der Waals surface area contributed by atoms with Gasteiger partial charge in [0, 0.05) is 38.3 Å². The first-order valence-corrected chi connectivity index (χ1v) is 13.3. The maximum absolute atomic E-state index is 14.0. The summed E-state index contributed by atoms with van der Waals surface area (Å²) in [4.78, 5) is 31.9. The zero-order valence-corrected chi connectivity index (χ0v) is 21.9. The fourth-order valence-corrected chi connectivity index (χ4v) is 6.32. The number of methoxy groups -OCH3 is 2. The van der Waals surface area contributed by atoms with Crippen LogP contribution < -0.4 is 14.8 Å². The topological polar surface area (TPSA) is 71.1 Å². The van der Waals surface area contributed by atoms with Gasteiger partial charge in [0.25, 0.3) is 5.91 Å². The molecule has 0 aliphatic carbocycles. The lowest BCUT2D eigenvalue weighted by atomic mass is 9.75. The zero-order valence-electron chi connectivity index (χ0n) is 21.9. The van der Waals surface area contributed by atoms with E-state index in [9.17, 15) is 9.59 Å². The van der Waals surface area contributed by atoms with E-state index < -0.39 is 5.92 Å². The second-order valence-electron chi connectivity index (χ2n) is 10.3. The fourth-order valence-electron chi connectivity index (χ4n) is 6.32. The first kappa shape index (κ1) is 24.5. The van der Waals surface area contributed by atoms with Gasteiger partial charge in [-0.1, -0.05) is 48.5 Å². The van der Waals surface area contributed by atoms with Crippen molar-refractivity contribution in [3.8, 4) is 11.5 Å². The molecule has 0 saturated heterocycles. The normalized spacial score (nSPS) is 20.1. The predicted molar refractivity (Wildman–Crippen MR) is 145 cm³/mol. The van der Waals surface area contributed by atoms with E-state index in [1.54, 1.807) is 20.3 Å². The van der Waals surface area contributed by atoms with Crippen LogP contribution in [0.3, 0.4) is 0 Å². The van der Waals surface area contributed by atoms with Gasteiger partial charge in [0.2, 0.25) is 5.91 Å². The van der Waals surface area contributed by atoms with Crippen LogP contribution in [0.5, 0.6) is 11.5 Å². The molecule has 7 heteroatoms. The summed E-state index contributed by atoms with van der Waals surface area (Å²) in [5.41, 5.74) is 6.20. The van der Waals surface area contributed by atoms with Crippen molar-refractivity contribution in [2.75, 3.05) is 40.4 Å². The van der Waals surface area contributed by atoms with Gasteiger partial charge in [-0.25, -0.2) is 0 Å². The number of benzene rings is 3. The molecule has 3 aromatic rings. The molecule has 3 aliphatic heterocycles. The Morgan fingerprint density at radius 2 is 1.58 bits per heavy atom. The van der Waals surface area contributed by atoms with E-state index >= 15 is 0 Å². The van der Waals surface area contributed by atoms with E-state index in [-0.39, 0.29) is 17.9 Å². The number of ether oxygens (including phenoxy) is 2. The smallest absolute Gasteiger partial charge is 0.254 e. The van der Waals surface area contributed by atoms with Gasteiger partial charge >= 0.3 is 0 Å². The molecule has 2 amide bonds. The summed E-state index contributed by atoms with van der Waals surface area (Å²) in [6, 6.07) is 19.9. The molecule has 0 spiro atoms. The number of amides is 2. The molecule has 3 aromatic carbocycles. The lowest BCUT2D eigenvalue weighted by molar-refractivity contribution is -0.124. The van der Waals surface area contributed by atoms with Crippen LogP contribution in [0.15, 0.2) is 60.7 Å². The summed E-state index contributed by atoms with van der Waals surface area (Å²) in [6.45, 7) is 3.77. The molecule has 3 aliphatic rings. The summed E-state index contributed by atoms with van der Waals surface area (Å²) in [7, 11) is 3.13. The van der Waals surface area contributed by atoms with Crippen molar-refractivity contribution in [3.05, 3.63) is 94.0 Å². The molecule has 0 fully saturated rings. The lowest BCUT2D eigenvalue weighted by Gasteiger charge is -2.45. The third-order valence-electron chi connectivity index (χ3n) is 8.25. The highest BCUT2D eigenvalue weighted by Gasteiger charge is 2.46. The van der Waals surface area contributed by atoms with Gasteiger partial charge in [0.05, 0.1) is 26.2 Å². The highest BCUT2D eigenvalue weighted by atomic mass is 16.5. The highest BCUT2D eigenvalue weighted by molar-refractivity contribution is 6.02. The van der Waals surface area contributed by atoms with Crippen LogP contribution in [0.25, 0.3) is 0 Å². The van der Waals surface area contributed by atoms with Gasteiger partial charge in [-0.15, -0.1) is 0 Å². The van der Waals surface area contributed by atoms with Gasteiger partial charge in [-0.2, -0.15) is 0 Å². The molecular formula is C31H33N3O4. The van der Waals surface area contributed by atoms with Gasteiger partial charge in [0.1, 0.15) is 0 Å². The van der Waals surface area contributed by atoms with E-state index in [1.807, 2.05) is 23.1 Å². The Kier molecular flexibility index (Phi) is 6.54. The van der Waals surface area contributed by atoms with Crippen LogP contribution in [0.2, 0.25) is 0 Å². The minimum Gasteiger partial charge on any atom is -0.493 e. The molecule has 2 atom stereocenters. The number of carbonyl (C=O) groups is 2. The maximum Gasteiger partial charge on any atom is 0.254 e. The number of rotatable bonds is 6. The predicted octanol–water partition coefficient (Wildman–Crippen LogP) is 3.72. The molecule has 0 bridgehead atoms. The molecule has 0 radical (unpaired) electrons. The molecule has 38 heavy (non-hydrogen) atoms. The summed E-state index contributed by atoms with van der Waals surface area (Å²) in [5.74, 6) is 0.305. The Morgan fingerprint density at radius 3 is 2.37 bits per heavy atom. The van der Waals surface area contributed by atoms with Crippen LogP contribution in [0, 0.1) is 0 Å². The SMILES string of the molecule is COc1cc2c(cc1OC)[C@H](C(=O)NCCN1CCc3ccccc3C1)[C@H]1c3ccccc3CCN1C2=O. The van der Waals surface area contributed by atoms with E-state index in [2.05, 4.69) is 46.6 Å². The van der Waals surface area contributed by atoms with Crippen molar-refractivity contribution >= 4 is 11.8 Å². The van der Waals surface area contributed by atoms with E-state index in [0.717, 1.165) is 38.0 Å². The van der Waals surface area contributed by atoms with Crippen molar-refractivity contribution in [3.63, 3.8) is 0 Å². The quantitative estimate of drug-likeness (QED) is 0.546. The molecule has 0 unspecified atom stereocenters. The zero-order chi connectivity index (χ0) is 26.2. The Hall–Kier alpha value is -3.84. The Bertz CT molecular complexity index is 1390. The third kappa shape index (κ3) is 4.21. The van der Waals surface area contributed by atoms with E-state index in [4.69, 9.17) is 9.47 Å². The second kappa shape index (κ2) is 10.1. The van der Waals surface area contributed by atoms with Gasteiger partial charge in [-0.3, -0.25) is 14.5 Å². The van der Waals surface area contributed by atoms with E-state index in [0.29, 0.717) is 35.7 Å². The summed E-state index contributed by atoms with van der Waals surface area (Å²) in [6.07, 6.45) is 1.80. The van der Waals surface area contributed by atoms with Crippen LogP contribution >= 0.6 is 0 Å². The van der Waals surface area contributed by atoms with Crippen molar-refractivity contribution in [1.82, 2.24) is 15.1 Å². The molecule has 0 aromatic heterocycles. The van der Waals surface area contributed by atoms with Crippen molar-refractivity contribution < 1.29 is 19.1 Å². The summed E-state index contributed by atoms with van der Waals surface area (Å²) < 4.78 is 11.1. The van der Waals surface area contributed by atoms with Gasteiger partial charge in [-0.05, 0) is 52.8 Å². The number of nitrogens with one attached hydrogen (secondary N) is 1. The average Bonchev–Trinajstić information content (AvgIpc) is 2.96. The van der Waals surface area contributed by atoms with Crippen LogP contribution in [-0.2, 0) is 24.2 Å². The molecule has 0 saturated carbocycles. The highest BCUT2D eigenvalue weighted by Crippen LogP contribution is 2.48. The van der Waals surface area contributed by atoms with Crippen LogP contribution in [0.1, 0.15) is 50.1 Å². The maximum atomic E-state index is 14.0. The second-order valence-corrected chi connectivity index (χ2v) is 10.3. The van der Waals surface area contributed by atoms with E-state index in [1.165, 1.54) is 16.7 Å². The number of hydrogen-bond donors (Lipinski definition) is 1. The summed E-state index contributed by atoms with van der Waals surface area (Å²) >= 11 is 0. The largest absolute Gasteiger partial charge is 0.493 e. The number of nitrogens with zero attached hydrogens (tertiary/aromatic N) is 2. The molecule has 7 nitrogen and oxygen atoms in total. The first-order valence-electron chi connectivity index (χ1n) is 13.3. The first-order chi connectivity index (χ1) is 18.6. The molecule has 1 N–H and O–H groups in total. The lowest BCUT2D eigenvalue weighted by Crippen LogP contribution is -2.50. The fraction of sp³-hybridized carbons (Fsp3) is 0.355. The standard InChI is InChI=1S/C31H33N3O4/c1-37-26-17-24-25(18-27(26)38-2)31(36)34-15-12-21-8-5-6-10-23(21)29(34)28(24)30(35)32-13-16-33-14-11-20-7-3-4-9-22(20)19-33/h3-10,17-18,28-29H,11-16,19H2,1-2H3,(H,32,35)/t28-,29+/m0/s1. The molecule has 196 valence electrons. The van der Waals surface area contributed by atoms with Gasteiger partial charge in [0.15, 0.2) is 11.5 Å². The molecular weight excluding hydrogens is 478 g/mol.